The van der Waals surface area contributed by atoms with Gasteiger partial charge in [0.2, 0.25) is 0 Å². The summed E-state index contributed by atoms with van der Waals surface area (Å²) in [4.78, 5) is 17.0. The number of aryl methyl sites for hydroxylation is 2. The number of hydrogen-bond donors (Lipinski definition) is 0. The maximum absolute atomic E-state index is 12.7. The highest BCUT2D eigenvalue weighted by molar-refractivity contribution is 6.30. The van der Waals surface area contributed by atoms with E-state index < -0.39 is 0 Å². The summed E-state index contributed by atoms with van der Waals surface area (Å²) in [5.74, 6) is 0. The van der Waals surface area contributed by atoms with E-state index in [1.54, 1.807) is 4.90 Å². The maximum atomic E-state index is 12.7. The van der Waals surface area contributed by atoms with Crippen LogP contribution < -0.4 is 0 Å². The molecule has 2 fully saturated rings. The molecule has 0 radical (unpaired) electrons. The van der Waals surface area contributed by atoms with E-state index >= 15 is 0 Å². The second-order valence-electron chi connectivity index (χ2n) is 8.86. The van der Waals surface area contributed by atoms with Gasteiger partial charge < -0.3 is 14.4 Å². The number of carbonyl (C=O) groups is 1. The van der Waals surface area contributed by atoms with Crippen LogP contribution in [0.1, 0.15) is 47.9 Å². The predicted octanol–water partition coefficient (Wildman–Crippen LogP) is 3.92. The first-order chi connectivity index (χ1) is 15.0. The van der Waals surface area contributed by atoms with Gasteiger partial charge in [-0.05, 0) is 62.1 Å². The van der Waals surface area contributed by atoms with Crippen LogP contribution in [-0.4, -0.2) is 58.0 Å². The Kier molecular flexibility index (Phi) is 5.91. The molecule has 4 heterocycles. The molecule has 1 unspecified atom stereocenters. The molecule has 5 rings (SSSR count). The van der Waals surface area contributed by atoms with Gasteiger partial charge in [-0.3, -0.25) is 9.58 Å². The largest absolute Gasteiger partial charge is 0.445 e. The Morgan fingerprint density at radius 3 is 3.00 bits per heavy atom. The van der Waals surface area contributed by atoms with Crippen molar-refractivity contribution < 1.29 is 14.3 Å². The summed E-state index contributed by atoms with van der Waals surface area (Å²) in [5, 5.41) is 5.48. The number of morpholine rings is 1. The van der Waals surface area contributed by atoms with E-state index in [1.807, 2.05) is 29.8 Å². The van der Waals surface area contributed by atoms with Crippen LogP contribution in [-0.2, 0) is 29.2 Å². The number of hydrogen-bond acceptors (Lipinski definition) is 5. The first-order valence-electron chi connectivity index (χ1n) is 11.2. The van der Waals surface area contributed by atoms with E-state index in [9.17, 15) is 4.79 Å². The Morgan fingerprint density at radius 2 is 2.13 bits per heavy atom. The van der Waals surface area contributed by atoms with E-state index in [2.05, 4.69) is 11.0 Å². The first-order valence-corrected chi connectivity index (χ1v) is 11.5. The van der Waals surface area contributed by atoms with Crippen molar-refractivity contribution in [2.24, 2.45) is 0 Å². The number of fused-ring (bicyclic) bond motifs is 2. The highest BCUT2D eigenvalue weighted by Gasteiger charge is 2.34. The summed E-state index contributed by atoms with van der Waals surface area (Å²) in [5.41, 5.74) is 3.96. The lowest BCUT2D eigenvalue weighted by Crippen LogP contribution is -2.42. The van der Waals surface area contributed by atoms with E-state index in [1.165, 1.54) is 12.8 Å². The molecule has 0 N–H and O–H groups in total. The van der Waals surface area contributed by atoms with Gasteiger partial charge in [-0.15, -0.1) is 0 Å². The molecule has 2 aromatic rings. The number of nitrogens with zero attached hydrogens (tertiary/aromatic N) is 4. The second-order valence-corrected chi connectivity index (χ2v) is 9.30. The molecule has 1 aromatic carbocycles. The van der Waals surface area contributed by atoms with E-state index in [-0.39, 0.29) is 18.8 Å². The summed E-state index contributed by atoms with van der Waals surface area (Å²) in [6, 6.07) is 8.39. The molecular weight excluding hydrogens is 416 g/mol. The molecule has 2 atom stereocenters. The minimum Gasteiger partial charge on any atom is -0.445 e. The Balaban J connectivity index is 1.23. The number of carbonyl (C=O) groups excluding carboxylic acids is 1. The molecule has 1 aromatic heterocycles. The van der Waals surface area contributed by atoms with Crippen LogP contribution in [0.4, 0.5) is 4.79 Å². The Labute approximate surface area is 187 Å². The summed E-state index contributed by atoms with van der Waals surface area (Å²) >= 11 is 6.11. The molecular formula is C23H29ClN4O3. The fourth-order valence-electron chi connectivity index (χ4n) is 4.93. The van der Waals surface area contributed by atoms with Gasteiger partial charge in [0.05, 0.1) is 24.5 Å². The lowest BCUT2D eigenvalue weighted by molar-refractivity contribution is -0.0523. The van der Waals surface area contributed by atoms with Gasteiger partial charge in [-0.2, -0.15) is 5.10 Å². The average molecular weight is 445 g/mol. The number of halogens is 1. The van der Waals surface area contributed by atoms with Crippen LogP contribution in [0.5, 0.6) is 0 Å². The molecule has 166 valence electrons. The fraction of sp³-hybridized carbons (Fsp3) is 0.565. The third-order valence-electron chi connectivity index (χ3n) is 6.47. The maximum Gasteiger partial charge on any atom is 0.410 e. The molecule has 1 amide bonds. The van der Waals surface area contributed by atoms with Crippen LogP contribution in [0.25, 0.3) is 0 Å². The van der Waals surface area contributed by atoms with Crippen molar-refractivity contribution in [1.82, 2.24) is 19.6 Å². The molecule has 2 saturated heterocycles. The van der Waals surface area contributed by atoms with Gasteiger partial charge in [0.15, 0.2) is 0 Å². The van der Waals surface area contributed by atoms with Crippen molar-refractivity contribution in [3.05, 3.63) is 51.8 Å². The summed E-state index contributed by atoms with van der Waals surface area (Å²) < 4.78 is 13.8. The third kappa shape index (κ3) is 4.59. The Hall–Kier alpha value is -2.09. The molecule has 8 heteroatoms. The van der Waals surface area contributed by atoms with Crippen molar-refractivity contribution in [3.63, 3.8) is 0 Å². The number of rotatable bonds is 3. The van der Waals surface area contributed by atoms with Gasteiger partial charge in [0, 0.05) is 30.7 Å². The molecule has 31 heavy (non-hydrogen) atoms. The van der Waals surface area contributed by atoms with Crippen LogP contribution >= 0.6 is 11.6 Å². The monoisotopic (exact) mass is 444 g/mol. The van der Waals surface area contributed by atoms with Gasteiger partial charge >= 0.3 is 6.09 Å². The second kappa shape index (κ2) is 8.81. The average Bonchev–Trinajstić information content (AvgIpc) is 3.32. The molecule has 0 bridgehead atoms. The van der Waals surface area contributed by atoms with Gasteiger partial charge in [-0.1, -0.05) is 17.7 Å². The van der Waals surface area contributed by atoms with Crippen molar-refractivity contribution in [2.45, 2.75) is 58.0 Å². The summed E-state index contributed by atoms with van der Waals surface area (Å²) in [7, 11) is 0. The van der Waals surface area contributed by atoms with Gasteiger partial charge in [0.25, 0.3) is 0 Å². The Morgan fingerprint density at radius 1 is 1.23 bits per heavy atom. The van der Waals surface area contributed by atoms with Gasteiger partial charge in [-0.25, -0.2) is 4.79 Å². The Bertz CT molecular complexity index is 942. The molecule has 3 aliphatic heterocycles. The minimum atomic E-state index is -0.303. The first kappa shape index (κ1) is 20.8. The van der Waals surface area contributed by atoms with E-state index in [0.29, 0.717) is 24.2 Å². The normalized spacial score (nSPS) is 23.9. The van der Waals surface area contributed by atoms with Crippen molar-refractivity contribution in [2.75, 3.05) is 26.2 Å². The van der Waals surface area contributed by atoms with Crippen LogP contribution in [0.15, 0.2) is 24.3 Å². The molecule has 7 nitrogen and oxygen atoms in total. The zero-order valence-electron chi connectivity index (χ0n) is 17.9. The molecule has 0 spiro atoms. The lowest BCUT2D eigenvalue weighted by atomic mass is 10.1. The topological polar surface area (TPSA) is 59.8 Å². The predicted molar refractivity (Wildman–Crippen MR) is 117 cm³/mol. The van der Waals surface area contributed by atoms with E-state index in [4.69, 9.17) is 26.2 Å². The minimum absolute atomic E-state index is 0.0141. The highest BCUT2D eigenvalue weighted by Crippen LogP contribution is 2.30. The lowest BCUT2D eigenvalue weighted by Gasteiger charge is -2.34. The third-order valence-corrected chi connectivity index (χ3v) is 6.69. The van der Waals surface area contributed by atoms with E-state index in [0.717, 1.165) is 55.2 Å². The smallest absolute Gasteiger partial charge is 0.410 e. The molecule has 0 saturated carbocycles. The zero-order chi connectivity index (χ0) is 21.4. The van der Waals surface area contributed by atoms with Crippen molar-refractivity contribution in [3.8, 4) is 0 Å². The summed E-state index contributed by atoms with van der Waals surface area (Å²) in [6.45, 7) is 7.00. The fourth-order valence-corrected chi connectivity index (χ4v) is 5.24. The number of benzene rings is 1. The van der Waals surface area contributed by atoms with Crippen LogP contribution in [0.3, 0.4) is 0 Å². The van der Waals surface area contributed by atoms with Crippen molar-refractivity contribution >= 4 is 17.7 Å². The quantitative estimate of drug-likeness (QED) is 0.718. The van der Waals surface area contributed by atoms with Gasteiger partial charge in [0.1, 0.15) is 12.7 Å². The molecule has 0 aliphatic carbocycles. The standard InChI is InChI=1S/C23H29ClN4O3/c1-16-8-17(10-18(24)9-16)14-31-23(29)27-6-3-7-28-20(12-27)11-21(25-28)22-13-26-5-2-4-19(26)15-30-22/h8-11,19,22H,2-7,12-15H2,1H3/t19-,22?/m0/s1. The molecule has 3 aliphatic rings. The van der Waals surface area contributed by atoms with Crippen LogP contribution in [0.2, 0.25) is 5.02 Å². The van der Waals surface area contributed by atoms with Crippen LogP contribution in [0, 0.1) is 6.92 Å². The zero-order valence-corrected chi connectivity index (χ0v) is 18.7. The highest BCUT2D eigenvalue weighted by atomic mass is 35.5. The number of aromatic nitrogens is 2. The SMILES string of the molecule is Cc1cc(Cl)cc(COC(=O)N2CCCn3nc(C4CN5CCC[C@H]5CO4)cc3C2)c1. The van der Waals surface area contributed by atoms with Crippen molar-refractivity contribution in [1.29, 1.82) is 0 Å². The number of ether oxygens (including phenoxy) is 2. The number of amides is 1. The summed E-state index contributed by atoms with van der Waals surface area (Å²) in [6.07, 6.45) is 3.05.